The van der Waals surface area contributed by atoms with Crippen molar-refractivity contribution in [3.05, 3.63) is 29.1 Å². The lowest BCUT2D eigenvalue weighted by Gasteiger charge is -2.24. The Morgan fingerprint density at radius 2 is 2.12 bits per heavy atom. The Morgan fingerprint density at radius 1 is 1.50 bits per heavy atom. The quantitative estimate of drug-likeness (QED) is 0.819. The van der Waals surface area contributed by atoms with E-state index in [1.54, 1.807) is 13.0 Å². The summed E-state index contributed by atoms with van der Waals surface area (Å²) >= 11 is 0. The van der Waals surface area contributed by atoms with Crippen molar-refractivity contribution in [3.63, 3.8) is 0 Å². The van der Waals surface area contributed by atoms with E-state index in [4.69, 9.17) is 10.8 Å². The summed E-state index contributed by atoms with van der Waals surface area (Å²) in [7, 11) is 1.86. The fourth-order valence-corrected chi connectivity index (χ4v) is 1.65. The van der Waals surface area contributed by atoms with Gasteiger partial charge in [-0.2, -0.15) is 0 Å². The standard InChI is InChI=1S/C12H19FN2O/c1-8-6-12(15(3)4-5-16)10(9(2)14)7-11(8)13/h6-7,9,16H,4-5,14H2,1-3H3/t9-/m0/s1. The van der Waals surface area contributed by atoms with E-state index in [1.165, 1.54) is 6.07 Å². The van der Waals surface area contributed by atoms with E-state index >= 15 is 0 Å². The van der Waals surface area contributed by atoms with Crippen molar-refractivity contribution in [2.24, 2.45) is 5.73 Å². The monoisotopic (exact) mass is 226 g/mol. The van der Waals surface area contributed by atoms with Crippen molar-refractivity contribution in [1.82, 2.24) is 0 Å². The zero-order valence-corrected chi connectivity index (χ0v) is 10.00. The minimum atomic E-state index is -0.242. The zero-order valence-electron chi connectivity index (χ0n) is 10.00. The number of benzene rings is 1. The Kier molecular flexibility index (Phi) is 4.26. The van der Waals surface area contributed by atoms with E-state index in [0.29, 0.717) is 12.1 Å². The topological polar surface area (TPSA) is 49.5 Å². The van der Waals surface area contributed by atoms with Gasteiger partial charge in [0.15, 0.2) is 0 Å². The van der Waals surface area contributed by atoms with Gasteiger partial charge in [-0.25, -0.2) is 4.39 Å². The van der Waals surface area contributed by atoms with Crippen molar-refractivity contribution in [3.8, 4) is 0 Å². The van der Waals surface area contributed by atoms with Gasteiger partial charge in [-0.1, -0.05) is 0 Å². The number of halogens is 1. The van der Waals surface area contributed by atoms with Gasteiger partial charge < -0.3 is 15.7 Å². The number of likely N-dealkylation sites (N-methyl/N-ethyl adjacent to an activating group) is 1. The lowest BCUT2D eigenvalue weighted by molar-refractivity contribution is 0.304. The molecular formula is C12H19FN2O. The van der Waals surface area contributed by atoms with Gasteiger partial charge in [-0.15, -0.1) is 0 Å². The molecule has 0 aromatic heterocycles. The van der Waals surface area contributed by atoms with Crippen molar-refractivity contribution in [1.29, 1.82) is 0 Å². The summed E-state index contributed by atoms with van der Waals surface area (Å²) in [4.78, 5) is 1.88. The third kappa shape index (κ3) is 2.71. The molecule has 1 aromatic rings. The summed E-state index contributed by atoms with van der Waals surface area (Å²) in [5.74, 6) is -0.242. The van der Waals surface area contributed by atoms with Crippen LogP contribution in [0.5, 0.6) is 0 Å². The van der Waals surface area contributed by atoms with Crippen LogP contribution in [0.2, 0.25) is 0 Å². The molecule has 0 heterocycles. The Bertz CT molecular complexity index is 366. The average Bonchev–Trinajstić information content (AvgIpc) is 2.21. The van der Waals surface area contributed by atoms with E-state index in [0.717, 1.165) is 11.3 Å². The summed E-state index contributed by atoms with van der Waals surface area (Å²) in [5.41, 5.74) is 8.04. The highest BCUT2D eigenvalue weighted by Gasteiger charge is 2.13. The van der Waals surface area contributed by atoms with Crippen molar-refractivity contribution >= 4 is 5.69 Å². The van der Waals surface area contributed by atoms with Gasteiger partial charge in [0.05, 0.1) is 6.61 Å². The number of hydrogen-bond donors (Lipinski definition) is 2. The number of rotatable bonds is 4. The lowest BCUT2D eigenvalue weighted by atomic mass is 10.0. The van der Waals surface area contributed by atoms with Gasteiger partial charge >= 0.3 is 0 Å². The number of hydrogen-bond acceptors (Lipinski definition) is 3. The van der Waals surface area contributed by atoms with Gasteiger partial charge in [0.1, 0.15) is 5.82 Å². The minimum Gasteiger partial charge on any atom is -0.395 e. The number of anilines is 1. The Balaban J connectivity index is 3.19. The third-order valence-corrected chi connectivity index (χ3v) is 2.65. The van der Waals surface area contributed by atoms with Crippen molar-refractivity contribution in [2.75, 3.05) is 25.1 Å². The van der Waals surface area contributed by atoms with Crippen molar-refractivity contribution < 1.29 is 9.50 Å². The molecule has 4 heteroatoms. The van der Waals surface area contributed by atoms with Gasteiger partial charge in [0.2, 0.25) is 0 Å². The second-order valence-electron chi connectivity index (χ2n) is 4.09. The largest absolute Gasteiger partial charge is 0.395 e. The van der Waals surface area contributed by atoms with Gasteiger partial charge in [0.25, 0.3) is 0 Å². The van der Waals surface area contributed by atoms with Gasteiger partial charge in [-0.3, -0.25) is 0 Å². The number of nitrogens with zero attached hydrogens (tertiary/aromatic N) is 1. The molecule has 0 fully saturated rings. The van der Waals surface area contributed by atoms with E-state index < -0.39 is 0 Å². The molecule has 0 saturated carbocycles. The van der Waals surface area contributed by atoms with Crippen LogP contribution in [0.1, 0.15) is 24.1 Å². The first-order chi connectivity index (χ1) is 7.47. The van der Waals surface area contributed by atoms with E-state index in [1.807, 2.05) is 18.9 Å². The number of aryl methyl sites for hydroxylation is 1. The summed E-state index contributed by atoms with van der Waals surface area (Å²) < 4.78 is 13.4. The molecule has 0 radical (unpaired) electrons. The zero-order chi connectivity index (χ0) is 12.3. The van der Waals surface area contributed by atoms with Crippen LogP contribution in [0, 0.1) is 12.7 Å². The first kappa shape index (κ1) is 12.9. The predicted octanol–water partition coefficient (Wildman–Crippen LogP) is 1.58. The molecule has 1 aromatic carbocycles. The summed E-state index contributed by atoms with van der Waals surface area (Å²) in [6, 6.07) is 3.01. The van der Waals surface area contributed by atoms with Crippen LogP contribution in [-0.2, 0) is 0 Å². The van der Waals surface area contributed by atoms with Crippen LogP contribution in [0.15, 0.2) is 12.1 Å². The molecule has 0 amide bonds. The van der Waals surface area contributed by atoms with Crippen molar-refractivity contribution in [2.45, 2.75) is 19.9 Å². The second-order valence-corrected chi connectivity index (χ2v) is 4.09. The molecule has 0 spiro atoms. The molecule has 3 nitrogen and oxygen atoms in total. The maximum absolute atomic E-state index is 13.4. The number of aliphatic hydroxyl groups excluding tert-OH is 1. The summed E-state index contributed by atoms with van der Waals surface area (Å²) in [6.07, 6.45) is 0. The molecule has 0 bridgehead atoms. The fraction of sp³-hybridized carbons (Fsp3) is 0.500. The second kappa shape index (κ2) is 5.27. The first-order valence-corrected chi connectivity index (χ1v) is 5.35. The molecule has 0 aliphatic rings. The number of aliphatic hydroxyl groups is 1. The maximum Gasteiger partial charge on any atom is 0.126 e. The van der Waals surface area contributed by atoms with E-state index in [-0.39, 0.29) is 18.5 Å². The fourth-order valence-electron chi connectivity index (χ4n) is 1.65. The highest BCUT2D eigenvalue weighted by atomic mass is 19.1. The average molecular weight is 226 g/mol. The molecule has 0 unspecified atom stereocenters. The third-order valence-electron chi connectivity index (χ3n) is 2.65. The first-order valence-electron chi connectivity index (χ1n) is 5.35. The van der Waals surface area contributed by atoms with Gasteiger partial charge in [-0.05, 0) is 37.1 Å². The molecule has 0 aliphatic carbocycles. The van der Waals surface area contributed by atoms with Crippen LogP contribution in [0.3, 0.4) is 0 Å². The molecule has 1 atom stereocenters. The van der Waals surface area contributed by atoms with Gasteiger partial charge in [0, 0.05) is 25.3 Å². The molecule has 1 rings (SSSR count). The maximum atomic E-state index is 13.4. The SMILES string of the molecule is Cc1cc(N(C)CCO)c([C@H](C)N)cc1F. The Morgan fingerprint density at radius 3 is 2.62 bits per heavy atom. The van der Waals surface area contributed by atoms with Crippen LogP contribution in [-0.4, -0.2) is 25.3 Å². The molecule has 0 saturated heterocycles. The van der Waals surface area contributed by atoms with E-state index in [9.17, 15) is 4.39 Å². The summed E-state index contributed by atoms with van der Waals surface area (Å²) in [5, 5.41) is 8.90. The molecule has 16 heavy (non-hydrogen) atoms. The molecule has 90 valence electrons. The molecular weight excluding hydrogens is 207 g/mol. The smallest absolute Gasteiger partial charge is 0.126 e. The highest BCUT2D eigenvalue weighted by molar-refractivity contribution is 5.56. The Labute approximate surface area is 95.7 Å². The Hall–Kier alpha value is -1.13. The minimum absolute atomic E-state index is 0.0608. The van der Waals surface area contributed by atoms with Crippen LogP contribution in [0.4, 0.5) is 10.1 Å². The molecule has 0 aliphatic heterocycles. The van der Waals surface area contributed by atoms with Crippen LogP contribution >= 0.6 is 0 Å². The lowest BCUT2D eigenvalue weighted by Crippen LogP contribution is -2.24. The molecule has 3 N–H and O–H groups in total. The van der Waals surface area contributed by atoms with Crippen LogP contribution in [0.25, 0.3) is 0 Å². The highest BCUT2D eigenvalue weighted by Crippen LogP contribution is 2.27. The normalized spacial score (nSPS) is 12.6. The van der Waals surface area contributed by atoms with Crippen LogP contribution < -0.4 is 10.6 Å². The predicted molar refractivity (Wildman–Crippen MR) is 64.1 cm³/mol. The summed E-state index contributed by atoms with van der Waals surface area (Å²) in [6.45, 7) is 4.10. The number of nitrogens with two attached hydrogens (primary N) is 1. The van der Waals surface area contributed by atoms with E-state index in [2.05, 4.69) is 0 Å².